The molecular formula is C76H124O6. The van der Waals surface area contributed by atoms with Gasteiger partial charge in [-0.1, -0.05) is 295 Å². The van der Waals surface area contributed by atoms with Crippen LogP contribution in [0.15, 0.2) is 146 Å². The lowest BCUT2D eigenvalue weighted by atomic mass is 10.0. The number of carbonyl (C=O) groups excluding carboxylic acids is 3. The second-order valence-corrected chi connectivity index (χ2v) is 22.0. The van der Waals surface area contributed by atoms with E-state index in [1.165, 1.54) is 109 Å². The lowest BCUT2D eigenvalue weighted by molar-refractivity contribution is -0.167. The van der Waals surface area contributed by atoms with Gasteiger partial charge in [-0.05, 0) is 128 Å². The summed E-state index contributed by atoms with van der Waals surface area (Å²) in [4.78, 5) is 38.3. The molecule has 1 atom stereocenters. The van der Waals surface area contributed by atoms with Crippen molar-refractivity contribution in [2.24, 2.45) is 0 Å². The van der Waals surface area contributed by atoms with Crippen LogP contribution < -0.4 is 0 Å². The Morgan fingerprint density at radius 3 is 0.768 bits per heavy atom. The Balaban J connectivity index is 4.32. The van der Waals surface area contributed by atoms with E-state index >= 15 is 0 Å². The van der Waals surface area contributed by atoms with Crippen molar-refractivity contribution in [3.05, 3.63) is 146 Å². The Bertz CT molecular complexity index is 1780. The molecule has 0 heterocycles. The van der Waals surface area contributed by atoms with Gasteiger partial charge in [-0.15, -0.1) is 0 Å². The molecule has 464 valence electrons. The Labute approximate surface area is 506 Å². The number of allylic oxidation sites excluding steroid dienone is 24. The van der Waals surface area contributed by atoms with Crippen LogP contribution in [-0.2, 0) is 28.6 Å². The van der Waals surface area contributed by atoms with Crippen LogP contribution in [-0.4, -0.2) is 37.2 Å². The number of carbonyl (C=O) groups is 3. The first-order chi connectivity index (χ1) is 40.5. The molecule has 0 N–H and O–H groups in total. The van der Waals surface area contributed by atoms with Gasteiger partial charge >= 0.3 is 17.9 Å². The van der Waals surface area contributed by atoms with E-state index in [2.05, 4.69) is 167 Å². The molecule has 0 spiro atoms. The molecule has 0 radical (unpaired) electrons. The minimum absolute atomic E-state index is 0.0907. The van der Waals surface area contributed by atoms with Gasteiger partial charge in [0, 0.05) is 19.3 Å². The van der Waals surface area contributed by atoms with E-state index in [-0.39, 0.29) is 31.1 Å². The molecule has 0 saturated heterocycles. The summed E-state index contributed by atoms with van der Waals surface area (Å²) in [6.07, 6.45) is 98.6. The van der Waals surface area contributed by atoms with Crippen molar-refractivity contribution in [1.82, 2.24) is 0 Å². The van der Waals surface area contributed by atoms with Crippen molar-refractivity contribution in [3.63, 3.8) is 0 Å². The van der Waals surface area contributed by atoms with Crippen molar-refractivity contribution in [3.8, 4) is 0 Å². The summed E-state index contributed by atoms with van der Waals surface area (Å²) in [5.74, 6) is -0.922. The lowest BCUT2D eigenvalue weighted by Gasteiger charge is -2.18. The van der Waals surface area contributed by atoms with Crippen LogP contribution in [0.2, 0.25) is 0 Å². The normalized spacial score (nSPS) is 13.1. The number of rotatable bonds is 60. The first kappa shape index (κ1) is 77.3. The highest BCUT2D eigenvalue weighted by Crippen LogP contribution is 2.15. The van der Waals surface area contributed by atoms with Crippen LogP contribution >= 0.6 is 0 Å². The van der Waals surface area contributed by atoms with E-state index in [1.807, 2.05) is 0 Å². The summed E-state index contributed by atoms with van der Waals surface area (Å²) in [6, 6.07) is 0. The highest BCUT2D eigenvalue weighted by Gasteiger charge is 2.19. The van der Waals surface area contributed by atoms with Gasteiger partial charge in [0.1, 0.15) is 13.2 Å². The van der Waals surface area contributed by atoms with Crippen LogP contribution in [0.1, 0.15) is 297 Å². The van der Waals surface area contributed by atoms with Gasteiger partial charge in [0.15, 0.2) is 6.10 Å². The number of hydrogen-bond acceptors (Lipinski definition) is 6. The zero-order chi connectivity index (χ0) is 59.2. The first-order valence-corrected chi connectivity index (χ1v) is 33.8. The average Bonchev–Trinajstić information content (AvgIpc) is 3.47. The maximum atomic E-state index is 12.9. The third-order valence-electron chi connectivity index (χ3n) is 14.1. The topological polar surface area (TPSA) is 78.9 Å². The fraction of sp³-hybridized carbons (Fsp3) is 0.645. The predicted octanol–water partition coefficient (Wildman–Crippen LogP) is 23.5. The number of esters is 3. The average molecular weight is 1130 g/mol. The minimum atomic E-state index is -0.797. The molecule has 0 rings (SSSR count). The SMILES string of the molecule is CC/C=C\C/C=C\C/C=C\C/C=C\C/C=C\C/C=C\C/C=C\C/C=C\C/C=C\C/C=C\CCCCCCC(=O)OCC(COC(=O)CCCCCCCCCCCCCC)OC(=O)CCCCCCCCC/C=C\C/C=C\CCCCC. The highest BCUT2D eigenvalue weighted by molar-refractivity contribution is 5.71. The van der Waals surface area contributed by atoms with Crippen molar-refractivity contribution in [2.75, 3.05) is 13.2 Å². The molecule has 0 saturated carbocycles. The summed E-state index contributed by atoms with van der Waals surface area (Å²) in [7, 11) is 0. The third kappa shape index (κ3) is 66.1. The maximum Gasteiger partial charge on any atom is 0.306 e. The Kier molecular flexibility index (Phi) is 64.8. The molecule has 0 aliphatic heterocycles. The second-order valence-electron chi connectivity index (χ2n) is 22.0. The van der Waals surface area contributed by atoms with Crippen LogP contribution in [0, 0.1) is 0 Å². The van der Waals surface area contributed by atoms with Gasteiger partial charge in [0.2, 0.25) is 0 Å². The quantitative estimate of drug-likeness (QED) is 0.0261. The van der Waals surface area contributed by atoms with Crippen molar-refractivity contribution >= 4 is 17.9 Å². The standard InChI is InChI=1S/C76H124O6/c1-4-7-10-13-16-19-22-25-27-29-30-31-32-33-34-35-36-37-38-39-40-41-42-43-44-45-46-48-49-51-54-57-60-63-66-69-75(78)81-72-73(71-80-74(77)68-65-62-59-56-53-24-21-18-15-12-9-6-3)82-76(79)70-67-64-61-58-55-52-50-47-28-26-23-20-17-14-11-8-5-2/h7,10,16-17,19-20,25-28,30-31,33-34,36-37,39-40,42-43,45-46,49,51,73H,4-6,8-9,11-15,18,21-24,29,32,35,38,41,44,47-48,50,52-72H2,1-3H3/b10-7-,19-16-,20-17-,27-25-,28-26-,31-30-,34-33-,37-36-,40-39-,43-42-,46-45-,51-49-. The molecular weight excluding hydrogens is 1010 g/mol. The molecule has 0 aromatic heterocycles. The van der Waals surface area contributed by atoms with Gasteiger partial charge in [-0.3, -0.25) is 14.4 Å². The molecule has 1 unspecified atom stereocenters. The molecule has 0 aliphatic rings. The number of ether oxygens (including phenoxy) is 3. The zero-order valence-electron chi connectivity index (χ0n) is 53.2. The largest absolute Gasteiger partial charge is 0.462 e. The molecule has 0 aromatic rings. The van der Waals surface area contributed by atoms with Gasteiger partial charge in [-0.25, -0.2) is 0 Å². The van der Waals surface area contributed by atoms with E-state index in [0.717, 1.165) is 148 Å². The Morgan fingerprint density at radius 1 is 0.256 bits per heavy atom. The van der Waals surface area contributed by atoms with Crippen LogP contribution in [0.25, 0.3) is 0 Å². The Morgan fingerprint density at radius 2 is 0.476 bits per heavy atom. The van der Waals surface area contributed by atoms with Gasteiger partial charge in [0.25, 0.3) is 0 Å². The van der Waals surface area contributed by atoms with Crippen molar-refractivity contribution in [1.29, 1.82) is 0 Å². The summed E-state index contributed by atoms with van der Waals surface area (Å²) in [5, 5.41) is 0. The monoisotopic (exact) mass is 1130 g/mol. The van der Waals surface area contributed by atoms with Crippen LogP contribution in [0.5, 0.6) is 0 Å². The summed E-state index contributed by atoms with van der Waals surface area (Å²) in [5.41, 5.74) is 0. The van der Waals surface area contributed by atoms with E-state index in [9.17, 15) is 14.4 Å². The molecule has 0 aliphatic carbocycles. The van der Waals surface area contributed by atoms with Crippen LogP contribution in [0.4, 0.5) is 0 Å². The molecule has 82 heavy (non-hydrogen) atoms. The summed E-state index contributed by atoms with van der Waals surface area (Å²) in [6.45, 7) is 6.48. The summed E-state index contributed by atoms with van der Waals surface area (Å²) >= 11 is 0. The Hall–Kier alpha value is -4.71. The molecule has 6 heteroatoms. The van der Waals surface area contributed by atoms with Crippen LogP contribution in [0.3, 0.4) is 0 Å². The second kappa shape index (κ2) is 68.8. The fourth-order valence-corrected chi connectivity index (χ4v) is 9.03. The first-order valence-electron chi connectivity index (χ1n) is 33.8. The number of hydrogen-bond donors (Lipinski definition) is 0. The minimum Gasteiger partial charge on any atom is -0.462 e. The number of unbranched alkanes of at least 4 members (excludes halogenated alkanes) is 25. The smallest absolute Gasteiger partial charge is 0.306 e. The van der Waals surface area contributed by atoms with Gasteiger partial charge in [-0.2, -0.15) is 0 Å². The van der Waals surface area contributed by atoms with E-state index in [0.29, 0.717) is 19.3 Å². The van der Waals surface area contributed by atoms with Crippen molar-refractivity contribution < 1.29 is 28.6 Å². The predicted molar refractivity (Wildman–Crippen MR) is 357 cm³/mol. The molecule has 6 nitrogen and oxygen atoms in total. The molecule has 0 fully saturated rings. The van der Waals surface area contributed by atoms with Gasteiger partial charge < -0.3 is 14.2 Å². The molecule has 0 amide bonds. The fourth-order valence-electron chi connectivity index (χ4n) is 9.03. The van der Waals surface area contributed by atoms with E-state index in [1.54, 1.807) is 0 Å². The zero-order valence-corrected chi connectivity index (χ0v) is 53.2. The van der Waals surface area contributed by atoms with E-state index in [4.69, 9.17) is 14.2 Å². The maximum absolute atomic E-state index is 12.9. The van der Waals surface area contributed by atoms with E-state index < -0.39 is 6.10 Å². The lowest BCUT2D eigenvalue weighted by Crippen LogP contribution is -2.30. The molecule has 0 bridgehead atoms. The third-order valence-corrected chi connectivity index (χ3v) is 14.1. The van der Waals surface area contributed by atoms with Gasteiger partial charge in [0.05, 0.1) is 0 Å². The van der Waals surface area contributed by atoms with Crippen molar-refractivity contribution in [2.45, 2.75) is 303 Å². The summed E-state index contributed by atoms with van der Waals surface area (Å²) < 4.78 is 16.9. The highest BCUT2D eigenvalue weighted by atomic mass is 16.6. The molecule has 0 aromatic carbocycles.